The van der Waals surface area contributed by atoms with Crippen molar-refractivity contribution in [1.29, 1.82) is 0 Å². The van der Waals surface area contributed by atoms with Crippen molar-refractivity contribution in [2.75, 3.05) is 19.6 Å². The van der Waals surface area contributed by atoms with Crippen LogP contribution in [0.3, 0.4) is 0 Å². The molecule has 0 heterocycles. The van der Waals surface area contributed by atoms with Crippen LogP contribution >= 0.6 is 0 Å². The van der Waals surface area contributed by atoms with Crippen molar-refractivity contribution in [2.45, 2.75) is 13.3 Å². The molecule has 1 rings (SSSR count). The van der Waals surface area contributed by atoms with Crippen LogP contribution in [0.5, 0.6) is 0 Å². The summed E-state index contributed by atoms with van der Waals surface area (Å²) in [7, 11) is 0. The average Bonchev–Trinajstić information content (AvgIpc) is 2.38. The van der Waals surface area contributed by atoms with E-state index in [2.05, 4.69) is 16.0 Å². The molecule has 0 bridgehead atoms. The Morgan fingerprint density at radius 1 is 1.06 bits per heavy atom. The van der Waals surface area contributed by atoms with Crippen LogP contribution < -0.4 is 16.0 Å². The number of amides is 3. The summed E-state index contributed by atoms with van der Waals surface area (Å²) in [5.41, 5.74) is 1.17. The van der Waals surface area contributed by atoms with Crippen molar-refractivity contribution in [3.63, 3.8) is 0 Å². The molecule has 0 saturated heterocycles. The van der Waals surface area contributed by atoms with Crippen LogP contribution in [0.15, 0.2) is 30.3 Å². The number of hydrogen-bond donors (Lipinski definition) is 3. The standard InChI is InChI=1S/C13H19N3O2/c1-2-14-12(17)10-16-13(18)15-9-8-11-6-4-3-5-7-11/h3-7H,2,8-10H2,1H3,(H,14,17)(H2,15,16,18). The van der Waals surface area contributed by atoms with Crippen LogP contribution in [0.2, 0.25) is 0 Å². The molecule has 0 radical (unpaired) electrons. The first-order valence-corrected chi connectivity index (χ1v) is 6.04. The number of benzene rings is 1. The summed E-state index contributed by atoms with van der Waals surface area (Å²) in [4.78, 5) is 22.4. The molecule has 1 aromatic rings. The van der Waals surface area contributed by atoms with Crippen molar-refractivity contribution >= 4 is 11.9 Å². The molecule has 98 valence electrons. The fraction of sp³-hybridized carbons (Fsp3) is 0.385. The summed E-state index contributed by atoms with van der Waals surface area (Å²) < 4.78 is 0. The first kappa shape index (κ1) is 14.0. The maximum absolute atomic E-state index is 11.3. The third-order valence-corrected chi connectivity index (χ3v) is 2.33. The second-order valence-corrected chi connectivity index (χ2v) is 3.80. The van der Waals surface area contributed by atoms with E-state index in [4.69, 9.17) is 0 Å². The maximum Gasteiger partial charge on any atom is 0.315 e. The normalized spacial score (nSPS) is 9.61. The van der Waals surface area contributed by atoms with Crippen LogP contribution in [0.4, 0.5) is 4.79 Å². The Morgan fingerprint density at radius 3 is 2.44 bits per heavy atom. The lowest BCUT2D eigenvalue weighted by molar-refractivity contribution is -0.119. The molecule has 5 nitrogen and oxygen atoms in total. The van der Waals surface area contributed by atoms with E-state index in [1.165, 1.54) is 5.56 Å². The van der Waals surface area contributed by atoms with Crippen LogP contribution in [0.25, 0.3) is 0 Å². The van der Waals surface area contributed by atoms with Gasteiger partial charge in [0.05, 0.1) is 6.54 Å². The number of carbonyl (C=O) groups excluding carboxylic acids is 2. The average molecular weight is 249 g/mol. The lowest BCUT2D eigenvalue weighted by Crippen LogP contribution is -2.42. The Hall–Kier alpha value is -2.04. The van der Waals surface area contributed by atoms with Gasteiger partial charge in [0, 0.05) is 13.1 Å². The molecule has 0 spiro atoms. The highest BCUT2D eigenvalue weighted by molar-refractivity contribution is 5.83. The number of urea groups is 1. The molecular formula is C13H19N3O2. The van der Waals surface area contributed by atoms with Crippen LogP contribution in [0, 0.1) is 0 Å². The SMILES string of the molecule is CCNC(=O)CNC(=O)NCCc1ccccc1. The van der Waals surface area contributed by atoms with Gasteiger partial charge >= 0.3 is 6.03 Å². The van der Waals surface area contributed by atoms with E-state index in [1.807, 2.05) is 37.3 Å². The second-order valence-electron chi connectivity index (χ2n) is 3.80. The van der Waals surface area contributed by atoms with E-state index in [1.54, 1.807) is 0 Å². The molecule has 0 atom stereocenters. The van der Waals surface area contributed by atoms with Crippen molar-refractivity contribution in [3.8, 4) is 0 Å². The van der Waals surface area contributed by atoms with Crippen LogP contribution in [-0.2, 0) is 11.2 Å². The quantitative estimate of drug-likeness (QED) is 0.693. The Morgan fingerprint density at radius 2 is 1.78 bits per heavy atom. The molecule has 0 fully saturated rings. The number of hydrogen-bond acceptors (Lipinski definition) is 2. The maximum atomic E-state index is 11.3. The van der Waals surface area contributed by atoms with Gasteiger partial charge in [-0.2, -0.15) is 0 Å². The van der Waals surface area contributed by atoms with Gasteiger partial charge < -0.3 is 16.0 Å². The second kappa shape index (κ2) is 8.11. The Kier molecular flexibility index (Phi) is 6.32. The number of likely N-dealkylation sites (N-methyl/N-ethyl adjacent to an activating group) is 1. The highest BCUT2D eigenvalue weighted by Gasteiger charge is 2.03. The van der Waals surface area contributed by atoms with Crippen molar-refractivity contribution in [3.05, 3.63) is 35.9 Å². The van der Waals surface area contributed by atoms with E-state index in [9.17, 15) is 9.59 Å². The molecule has 0 saturated carbocycles. The van der Waals surface area contributed by atoms with Crippen molar-refractivity contribution < 1.29 is 9.59 Å². The Balaban J connectivity index is 2.12. The Bertz CT molecular complexity index is 379. The zero-order chi connectivity index (χ0) is 13.2. The van der Waals surface area contributed by atoms with E-state index in [-0.39, 0.29) is 18.5 Å². The molecule has 0 aliphatic rings. The lowest BCUT2D eigenvalue weighted by atomic mass is 10.1. The van der Waals surface area contributed by atoms with Crippen LogP contribution in [0.1, 0.15) is 12.5 Å². The van der Waals surface area contributed by atoms with E-state index >= 15 is 0 Å². The fourth-order valence-electron chi connectivity index (χ4n) is 1.45. The molecular weight excluding hydrogens is 230 g/mol. The topological polar surface area (TPSA) is 70.2 Å². The third kappa shape index (κ3) is 5.89. The van der Waals surface area contributed by atoms with Crippen molar-refractivity contribution in [2.24, 2.45) is 0 Å². The minimum atomic E-state index is -0.322. The number of carbonyl (C=O) groups is 2. The van der Waals surface area contributed by atoms with Gasteiger partial charge in [0.2, 0.25) is 5.91 Å². The zero-order valence-electron chi connectivity index (χ0n) is 10.5. The van der Waals surface area contributed by atoms with Gasteiger partial charge in [0.25, 0.3) is 0 Å². The van der Waals surface area contributed by atoms with E-state index in [0.717, 1.165) is 6.42 Å². The van der Waals surface area contributed by atoms with E-state index in [0.29, 0.717) is 13.1 Å². The predicted molar refractivity (Wildman–Crippen MR) is 70.2 cm³/mol. The van der Waals surface area contributed by atoms with Gasteiger partial charge in [0.1, 0.15) is 0 Å². The van der Waals surface area contributed by atoms with Crippen LogP contribution in [-0.4, -0.2) is 31.6 Å². The first-order valence-electron chi connectivity index (χ1n) is 6.04. The fourth-order valence-corrected chi connectivity index (χ4v) is 1.45. The van der Waals surface area contributed by atoms with E-state index < -0.39 is 0 Å². The molecule has 0 aromatic heterocycles. The number of rotatable bonds is 6. The van der Waals surface area contributed by atoms with Gasteiger partial charge in [-0.25, -0.2) is 4.79 Å². The summed E-state index contributed by atoms with van der Waals surface area (Å²) in [6.45, 7) is 2.95. The zero-order valence-corrected chi connectivity index (χ0v) is 10.5. The summed E-state index contributed by atoms with van der Waals surface area (Å²) in [6, 6.07) is 9.57. The highest BCUT2D eigenvalue weighted by atomic mass is 16.2. The molecule has 0 unspecified atom stereocenters. The molecule has 0 aliphatic carbocycles. The van der Waals surface area contributed by atoms with Gasteiger partial charge in [-0.05, 0) is 18.9 Å². The molecule has 5 heteroatoms. The van der Waals surface area contributed by atoms with Crippen molar-refractivity contribution in [1.82, 2.24) is 16.0 Å². The van der Waals surface area contributed by atoms with Gasteiger partial charge in [-0.3, -0.25) is 4.79 Å². The summed E-state index contributed by atoms with van der Waals surface area (Å²) in [6.07, 6.45) is 0.773. The minimum absolute atomic E-state index is 0.00497. The van der Waals surface area contributed by atoms with Gasteiger partial charge in [-0.15, -0.1) is 0 Å². The molecule has 3 N–H and O–H groups in total. The summed E-state index contributed by atoms with van der Waals surface area (Å²) >= 11 is 0. The Labute approximate surface area is 107 Å². The van der Waals surface area contributed by atoms with Gasteiger partial charge in [-0.1, -0.05) is 30.3 Å². The smallest absolute Gasteiger partial charge is 0.315 e. The largest absolute Gasteiger partial charge is 0.355 e. The highest BCUT2D eigenvalue weighted by Crippen LogP contribution is 1.97. The number of nitrogens with one attached hydrogen (secondary N) is 3. The molecule has 1 aromatic carbocycles. The predicted octanol–water partition coefficient (Wildman–Crippen LogP) is 0.664. The first-order chi connectivity index (χ1) is 8.72. The lowest BCUT2D eigenvalue weighted by Gasteiger charge is -2.07. The molecule has 18 heavy (non-hydrogen) atoms. The monoisotopic (exact) mass is 249 g/mol. The van der Waals surface area contributed by atoms with Gasteiger partial charge in [0.15, 0.2) is 0 Å². The molecule has 0 aliphatic heterocycles. The molecule has 3 amide bonds. The summed E-state index contributed by atoms with van der Waals surface area (Å²) in [5, 5.41) is 7.79. The summed E-state index contributed by atoms with van der Waals surface area (Å²) in [5.74, 6) is -0.185. The third-order valence-electron chi connectivity index (χ3n) is 2.33. The minimum Gasteiger partial charge on any atom is -0.355 e.